The first kappa shape index (κ1) is 14.1. The van der Waals surface area contributed by atoms with Gasteiger partial charge in [-0.2, -0.15) is 5.10 Å². The minimum absolute atomic E-state index is 0.118. The Morgan fingerprint density at radius 3 is 3.14 bits per heavy atom. The molecule has 0 aromatic carbocycles. The Bertz CT molecular complexity index is 670. The van der Waals surface area contributed by atoms with Gasteiger partial charge in [0, 0.05) is 11.1 Å². The zero-order valence-corrected chi connectivity index (χ0v) is 13.1. The van der Waals surface area contributed by atoms with E-state index in [4.69, 9.17) is 0 Å². The van der Waals surface area contributed by atoms with Gasteiger partial charge in [-0.15, -0.1) is 11.3 Å². The third-order valence-electron chi connectivity index (χ3n) is 3.87. The normalized spacial score (nSPS) is 18.4. The van der Waals surface area contributed by atoms with E-state index < -0.39 is 0 Å². The summed E-state index contributed by atoms with van der Waals surface area (Å²) in [6.45, 7) is 4.14. The lowest BCUT2D eigenvalue weighted by molar-refractivity contribution is 0.0959. The van der Waals surface area contributed by atoms with Gasteiger partial charge < -0.3 is 4.98 Å². The van der Waals surface area contributed by atoms with E-state index in [0.717, 1.165) is 35.0 Å². The topological polar surface area (TPSA) is 57.2 Å². The molecule has 2 aromatic heterocycles. The summed E-state index contributed by atoms with van der Waals surface area (Å²) in [5.41, 5.74) is 5.67. The highest BCUT2D eigenvalue weighted by Gasteiger charge is 2.20. The van der Waals surface area contributed by atoms with Gasteiger partial charge in [-0.3, -0.25) is 4.79 Å². The van der Waals surface area contributed by atoms with Crippen LogP contribution in [-0.2, 0) is 12.8 Å². The lowest BCUT2D eigenvalue weighted by Gasteiger charge is -2.16. The second-order valence-corrected chi connectivity index (χ2v) is 6.77. The van der Waals surface area contributed by atoms with Crippen molar-refractivity contribution in [1.82, 2.24) is 10.4 Å². The second-order valence-electron chi connectivity index (χ2n) is 5.63. The van der Waals surface area contributed by atoms with Crippen LogP contribution in [0.1, 0.15) is 46.1 Å². The molecular formula is C16H19N3OS. The monoisotopic (exact) mass is 301 g/mol. The van der Waals surface area contributed by atoms with Crippen LogP contribution < -0.4 is 5.43 Å². The van der Waals surface area contributed by atoms with E-state index in [1.165, 1.54) is 16.9 Å². The maximum atomic E-state index is 12.2. The molecule has 1 aliphatic rings. The van der Waals surface area contributed by atoms with Crippen LogP contribution in [0.2, 0.25) is 0 Å². The Labute approximate surface area is 128 Å². The van der Waals surface area contributed by atoms with Crippen LogP contribution in [0, 0.1) is 5.92 Å². The zero-order valence-electron chi connectivity index (χ0n) is 12.3. The fourth-order valence-electron chi connectivity index (χ4n) is 2.62. The number of thiophene rings is 1. The van der Waals surface area contributed by atoms with Gasteiger partial charge in [-0.25, -0.2) is 5.43 Å². The lowest BCUT2D eigenvalue weighted by atomic mass is 9.90. The average molecular weight is 301 g/mol. The second kappa shape index (κ2) is 5.85. The van der Waals surface area contributed by atoms with E-state index in [1.807, 2.05) is 31.3 Å². The van der Waals surface area contributed by atoms with Crippen LogP contribution in [0.4, 0.5) is 0 Å². The molecule has 0 radical (unpaired) electrons. The van der Waals surface area contributed by atoms with Gasteiger partial charge in [0.1, 0.15) is 0 Å². The molecule has 21 heavy (non-hydrogen) atoms. The first-order valence-corrected chi connectivity index (χ1v) is 8.05. The van der Waals surface area contributed by atoms with Crippen LogP contribution in [0.25, 0.3) is 0 Å². The van der Waals surface area contributed by atoms with Crippen LogP contribution in [0.5, 0.6) is 0 Å². The molecule has 0 unspecified atom stereocenters. The van der Waals surface area contributed by atoms with Crippen LogP contribution in [-0.4, -0.2) is 16.6 Å². The number of hydrazone groups is 1. The predicted octanol–water partition coefficient (Wildman–Crippen LogP) is 3.36. The standard InChI is InChI=1S/C16H19N3OS/c1-10-5-6-14-12(8-10)9-15(21-14)16(20)19-18-11(2)13-4-3-7-17-13/h3-4,7,9-10,17H,5-6,8H2,1-2H3,(H,19,20)/b18-11+/t10-/m1/s1. The molecule has 0 saturated heterocycles. The molecule has 1 aliphatic carbocycles. The molecule has 0 saturated carbocycles. The predicted molar refractivity (Wildman–Crippen MR) is 86.0 cm³/mol. The summed E-state index contributed by atoms with van der Waals surface area (Å²) in [5.74, 6) is 0.601. The fourth-order valence-corrected chi connectivity index (χ4v) is 3.72. The lowest BCUT2D eigenvalue weighted by Crippen LogP contribution is -2.18. The summed E-state index contributed by atoms with van der Waals surface area (Å²) in [7, 11) is 0. The van der Waals surface area contributed by atoms with Gasteiger partial charge >= 0.3 is 0 Å². The zero-order chi connectivity index (χ0) is 14.8. The molecule has 5 heteroatoms. The highest BCUT2D eigenvalue weighted by Crippen LogP contribution is 2.32. The molecule has 1 amide bonds. The summed E-state index contributed by atoms with van der Waals surface area (Å²) in [6, 6.07) is 5.87. The molecule has 0 bridgehead atoms. The molecule has 110 valence electrons. The smallest absolute Gasteiger partial charge is 0.281 e. The number of amides is 1. The van der Waals surface area contributed by atoms with Gasteiger partial charge in [0.15, 0.2) is 0 Å². The molecule has 4 nitrogen and oxygen atoms in total. The highest BCUT2D eigenvalue weighted by molar-refractivity contribution is 7.14. The van der Waals surface area contributed by atoms with Crippen molar-refractivity contribution in [3.63, 3.8) is 0 Å². The number of fused-ring (bicyclic) bond motifs is 1. The minimum Gasteiger partial charge on any atom is -0.360 e. The minimum atomic E-state index is -0.118. The van der Waals surface area contributed by atoms with Gasteiger partial charge in [-0.05, 0) is 55.9 Å². The number of nitrogens with one attached hydrogen (secondary N) is 2. The van der Waals surface area contributed by atoms with Crippen molar-refractivity contribution in [3.05, 3.63) is 45.4 Å². The molecule has 1 atom stereocenters. The number of aromatic nitrogens is 1. The van der Waals surface area contributed by atoms with Gasteiger partial charge in [-0.1, -0.05) is 6.92 Å². The van der Waals surface area contributed by atoms with E-state index in [1.54, 1.807) is 11.3 Å². The molecule has 2 N–H and O–H groups in total. The van der Waals surface area contributed by atoms with Crippen LogP contribution >= 0.6 is 11.3 Å². The van der Waals surface area contributed by atoms with Crippen molar-refractivity contribution >= 4 is 23.0 Å². The molecule has 2 heterocycles. The number of hydrogen-bond acceptors (Lipinski definition) is 3. The molecule has 3 rings (SSSR count). The Morgan fingerprint density at radius 1 is 1.52 bits per heavy atom. The number of aromatic amines is 1. The number of aryl methyl sites for hydroxylation is 1. The number of nitrogens with zero attached hydrogens (tertiary/aromatic N) is 1. The maximum Gasteiger partial charge on any atom is 0.281 e. The van der Waals surface area contributed by atoms with Crippen molar-refractivity contribution in [2.45, 2.75) is 33.1 Å². The van der Waals surface area contributed by atoms with Crippen LogP contribution in [0.3, 0.4) is 0 Å². The first-order chi connectivity index (χ1) is 10.1. The van der Waals surface area contributed by atoms with Gasteiger partial charge in [0.05, 0.1) is 16.3 Å². The molecule has 0 spiro atoms. The summed E-state index contributed by atoms with van der Waals surface area (Å²) in [6.07, 6.45) is 5.24. The molecular weight excluding hydrogens is 282 g/mol. The molecule has 0 aliphatic heterocycles. The summed E-state index contributed by atoms with van der Waals surface area (Å²) < 4.78 is 0. The van der Waals surface area contributed by atoms with E-state index in [9.17, 15) is 4.79 Å². The van der Waals surface area contributed by atoms with E-state index in [-0.39, 0.29) is 5.91 Å². The van der Waals surface area contributed by atoms with Gasteiger partial charge in [0.25, 0.3) is 5.91 Å². The Hall–Kier alpha value is -1.88. The quantitative estimate of drug-likeness (QED) is 0.663. The maximum absolute atomic E-state index is 12.2. The Morgan fingerprint density at radius 2 is 2.38 bits per heavy atom. The van der Waals surface area contributed by atoms with Crippen molar-refractivity contribution in [3.8, 4) is 0 Å². The molecule has 0 fully saturated rings. The van der Waals surface area contributed by atoms with Crippen molar-refractivity contribution in [2.24, 2.45) is 11.0 Å². The van der Waals surface area contributed by atoms with Crippen molar-refractivity contribution in [1.29, 1.82) is 0 Å². The first-order valence-electron chi connectivity index (χ1n) is 7.23. The number of rotatable bonds is 3. The van der Waals surface area contributed by atoms with E-state index >= 15 is 0 Å². The summed E-state index contributed by atoms with van der Waals surface area (Å²) in [4.78, 5) is 17.4. The highest BCUT2D eigenvalue weighted by atomic mass is 32.1. The fraction of sp³-hybridized carbons (Fsp3) is 0.375. The molecule has 2 aromatic rings. The Kier molecular flexibility index (Phi) is 3.92. The summed E-state index contributed by atoms with van der Waals surface area (Å²) >= 11 is 1.61. The van der Waals surface area contributed by atoms with E-state index in [2.05, 4.69) is 22.4 Å². The number of carbonyl (C=O) groups excluding carboxylic acids is 1. The van der Waals surface area contributed by atoms with Crippen molar-refractivity contribution in [2.75, 3.05) is 0 Å². The van der Waals surface area contributed by atoms with Crippen molar-refractivity contribution < 1.29 is 4.79 Å². The third-order valence-corrected chi connectivity index (χ3v) is 5.10. The van der Waals surface area contributed by atoms with Gasteiger partial charge in [0.2, 0.25) is 0 Å². The summed E-state index contributed by atoms with van der Waals surface area (Å²) in [5, 5.41) is 4.16. The van der Waals surface area contributed by atoms with Crippen LogP contribution in [0.15, 0.2) is 29.5 Å². The number of hydrogen-bond donors (Lipinski definition) is 2. The Balaban J connectivity index is 1.70. The SMILES string of the molecule is C/C(=N\NC(=O)c1cc2c(s1)CC[C@@H](C)C2)c1ccc[nH]1. The largest absolute Gasteiger partial charge is 0.360 e. The number of H-pyrrole nitrogens is 1. The average Bonchev–Trinajstić information content (AvgIpc) is 3.12. The number of carbonyl (C=O) groups is 1. The third kappa shape index (κ3) is 3.08. The van der Waals surface area contributed by atoms with E-state index in [0.29, 0.717) is 0 Å².